The molecule has 1 aromatic carbocycles. The van der Waals surface area contributed by atoms with Crippen molar-refractivity contribution in [1.29, 1.82) is 15.9 Å². The number of hydrogen-bond acceptors (Lipinski definition) is 10. The van der Waals surface area contributed by atoms with E-state index in [1.54, 1.807) is 12.1 Å². The smallest absolute Gasteiger partial charge is 0.269 e. The summed E-state index contributed by atoms with van der Waals surface area (Å²) in [7, 11) is 0. The molecule has 32 heavy (non-hydrogen) atoms. The number of fused-ring (bicyclic) bond motifs is 1. The molecule has 1 aliphatic carbocycles. The number of carbonyl (C=O) groups is 1. The van der Waals surface area contributed by atoms with Crippen LogP contribution in [0.15, 0.2) is 29.1 Å². The number of amidine groups is 1. The van der Waals surface area contributed by atoms with Gasteiger partial charge in [-0.1, -0.05) is 0 Å². The number of anilines is 2. The standard InChI is InChI=1S/C19H8N6O5S2/c20-5-9-11-12(24(17(9)22)7-1-3-8(4-2-7)25(29)30)14(27)16-15(13(11)26)31-19(32-16)10(6-21)18(23)28/h1-4,22,27H,(H2,23,28)/b19-10+,22-17?. The second kappa shape index (κ2) is 7.28. The number of benzene rings is 1. The number of carbonyl (C=O) groups excluding carboxylic acids is 1. The number of nitrogens with zero attached hydrogens (tertiary/aromatic N) is 4. The van der Waals surface area contributed by atoms with Crippen LogP contribution in [0.5, 0.6) is 5.75 Å². The molecule has 0 aromatic heterocycles. The van der Waals surface area contributed by atoms with E-state index in [9.17, 15) is 35.3 Å². The quantitative estimate of drug-likeness (QED) is 0.367. The van der Waals surface area contributed by atoms with Gasteiger partial charge in [0.2, 0.25) is 5.43 Å². The van der Waals surface area contributed by atoms with Gasteiger partial charge in [-0.25, -0.2) is 0 Å². The van der Waals surface area contributed by atoms with Crippen LogP contribution >= 0.6 is 22.7 Å². The first-order valence-corrected chi connectivity index (χ1v) is 10.1. The van der Waals surface area contributed by atoms with Gasteiger partial charge in [-0.3, -0.25) is 30.0 Å². The fraction of sp³-hybridized carbons (Fsp3) is 0. The highest BCUT2D eigenvalue weighted by Crippen LogP contribution is 2.37. The zero-order valence-corrected chi connectivity index (χ0v) is 17.2. The number of nitro groups is 1. The third-order valence-corrected chi connectivity index (χ3v) is 7.24. The van der Waals surface area contributed by atoms with Crippen molar-refractivity contribution in [1.82, 2.24) is 0 Å². The first kappa shape index (κ1) is 20.7. The Morgan fingerprint density at radius 3 is 2.38 bits per heavy atom. The minimum atomic E-state index is -0.992. The summed E-state index contributed by atoms with van der Waals surface area (Å²) in [5.74, 6) is -1.81. The molecule has 156 valence electrons. The molecule has 0 bridgehead atoms. The van der Waals surface area contributed by atoms with E-state index in [1.807, 2.05) is 0 Å². The number of rotatable bonds is 3. The molecule has 2 heterocycles. The fourth-order valence-corrected chi connectivity index (χ4v) is 5.78. The molecule has 3 aliphatic rings. The molecule has 0 radical (unpaired) electrons. The van der Waals surface area contributed by atoms with E-state index in [4.69, 9.17) is 11.1 Å². The Hall–Kier alpha value is -4.59. The SMILES string of the molecule is N#CC1=c2c(c(O)c3s/c(=C(\C#N)C(N)=O)sc=3c2=O)N(c2ccc([N+](=O)[O-])cc2)C1=N. The molecule has 11 nitrogen and oxygen atoms in total. The summed E-state index contributed by atoms with van der Waals surface area (Å²) >= 11 is 1.59. The molecule has 0 spiro atoms. The third-order valence-electron chi connectivity index (χ3n) is 4.63. The maximum absolute atomic E-state index is 13.2. The van der Waals surface area contributed by atoms with Crippen LogP contribution in [0.25, 0.3) is 11.1 Å². The van der Waals surface area contributed by atoms with E-state index in [0.29, 0.717) is 0 Å². The van der Waals surface area contributed by atoms with E-state index in [2.05, 4.69) is 0 Å². The van der Waals surface area contributed by atoms with Crippen LogP contribution in [-0.4, -0.2) is 21.8 Å². The molecular weight excluding hydrogens is 456 g/mol. The molecule has 0 unspecified atom stereocenters. The van der Waals surface area contributed by atoms with E-state index in [1.165, 1.54) is 24.3 Å². The molecule has 0 saturated carbocycles. The summed E-state index contributed by atoms with van der Waals surface area (Å²) < 4.78 is 0.171. The van der Waals surface area contributed by atoms with Crippen molar-refractivity contribution in [2.75, 3.05) is 4.90 Å². The van der Waals surface area contributed by atoms with Gasteiger partial charge in [0.05, 0.1) is 19.2 Å². The Kier molecular flexibility index (Phi) is 4.70. The lowest BCUT2D eigenvalue weighted by atomic mass is 10.2. The van der Waals surface area contributed by atoms with Crippen molar-refractivity contribution in [3.63, 3.8) is 0 Å². The average molecular weight is 464 g/mol. The number of primary amides is 1. The number of nitriles is 2. The lowest BCUT2D eigenvalue weighted by molar-refractivity contribution is -0.384. The average Bonchev–Trinajstić information content (AvgIpc) is 3.32. The van der Waals surface area contributed by atoms with Gasteiger partial charge < -0.3 is 10.8 Å². The summed E-state index contributed by atoms with van der Waals surface area (Å²) in [5.41, 5.74) is 3.76. The molecule has 0 saturated heterocycles. The number of aromatic hydroxyl groups is 1. The number of amides is 1. The van der Waals surface area contributed by atoms with Crippen LogP contribution in [0, 0.1) is 47.3 Å². The summed E-state index contributed by atoms with van der Waals surface area (Å²) in [5, 5.41) is 48.9. The van der Waals surface area contributed by atoms with E-state index in [-0.39, 0.29) is 52.2 Å². The third kappa shape index (κ3) is 2.81. The summed E-state index contributed by atoms with van der Waals surface area (Å²) in [6, 6.07) is 8.49. The van der Waals surface area contributed by atoms with Crippen molar-refractivity contribution < 1.29 is 14.8 Å². The lowest BCUT2D eigenvalue weighted by Gasteiger charge is -2.20. The monoisotopic (exact) mass is 464 g/mol. The number of non-ortho nitro benzene ring substituents is 1. The normalized spacial score (nSPS) is 13.5. The number of hydrogen-bond donors (Lipinski definition) is 3. The van der Waals surface area contributed by atoms with Gasteiger partial charge in [-0.05, 0) is 12.1 Å². The number of nitrogens with two attached hydrogens (primary N) is 1. The van der Waals surface area contributed by atoms with E-state index in [0.717, 1.165) is 27.6 Å². The van der Waals surface area contributed by atoms with Crippen molar-refractivity contribution in [2.24, 2.45) is 5.73 Å². The Bertz CT molecular complexity index is 1710. The Morgan fingerprint density at radius 2 is 1.84 bits per heavy atom. The predicted molar refractivity (Wildman–Crippen MR) is 115 cm³/mol. The maximum Gasteiger partial charge on any atom is 0.269 e. The topological polar surface area (TPSA) is 198 Å². The summed E-state index contributed by atoms with van der Waals surface area (Å²) in [6.45, 7) is 0. The van der Waals surface area contributed by atoms with Crippen molar-refractivity contribution >= 4 is 62.6 Å². The molecule has 0 atom stereocenters. The minimum absolute atomic E-state index is 0.00125. The van der Waals surface area contributed by atoms with Crippen LogP contribution in [-0.2, 0) is 4.79 Å². The van der Waals surface area contributed by atoms with Crippen LogP contribution in [0.2, 0.25) is 0 Å². The van der Waals surface area contributed by atoms with Gasteiger partial charge in [-0.2, -0.15) is 10.5 Å². The van der Waals surface area contributed by atoms with Gasteiger partial charge in [0, 0.05) is 17.8 Å². The van der Waals surface area contributed by atoms with E-state index >= 15 is 0 Å². The van der Waals surface area contributed by atoms with Crippen molar-refractivity contribution in [2.45, 2.75) is 0 Å². The van der Waals surface area contributed by atoms with Gasteiger partial charge in [-0.15, -0.1) is 22.7 Å². The van der Waals surface area contributed by atoms with Gasteiger partial charge in [0.1, 0.15) is 38.7 Å². The van der Waals surface area contributed by atoms with Crippen molar-refractivity contribution in [3.8, 4) is 17.9 Å². The number of nitro benzene ring substituents is 1. The highest BCUT2D eigenvalue weighted by Gasteiger charge is 2.33. The number of nitrogens with one attached hydrogen (secondary N) is 1. The molecule has 4 N–H and O–H groups in total. The summed E-state index contributed by atoms with van der Waals surface area (Å²) in [6.07, 6.45) is 0. The summed E-state index contributed by atoms with van der Waals surface area (Å²) in [4.78, 5) is 36.2. The largest absolute Gasteiger partial charge is 0.504 e. The van der Waals surface area contributed by atoms with Crippen LogP contribution in [0.3, 0.4) is 0 Å². The molecule has 1 aromatic rings. The Morgan fingerprint density at radius 1 is 1.22 bits per heavy atom. The maximum atomic E-state index is 13.2. The highest BCUT2D eigenvalue weighted by molar-refractivity contribution is 7.25. The Balaban J connectivity index is 2.12. The molecule has 4 rings (SSSR count). The predicted octanol–water partition coefficient (Wildman–Crippen LogP) is 0.471. The van der Waals surface area contributed by atoms with Gasteiger partial charge in [0.25, 0.3) is 11.6 Å². The zero-order valence-electron chi connectivity index (χ0n) is 15.6. The van der Waals surface area contributed by atoms with Crippen LogP contribution in [0.1, 0.15) is 0 Å². The Labute approximate surface area is 184 Å². The second-order valence-electron chi connectivity index (χ2n) is 6.35. The first-order chi connectivity index (χ1) is 15.2. The zero-order chi connectivity index (χ0) is 23.3. The van der Waals surface area contributed by atoms with Gasteiger partial charge in [0.15, 0.2) is 5.75 Å². The fourth-order valence-electron chi connectivity index (χ4n) is 3.24. The van der Waals surface area contributed by atoms with Crippen molar-refractivity contribution in [3.05, 3.63) is 62.7 Å². The molecule has 0 fully saturated rings. The molecule has 1 amide bonds. The van der Waals surface area contributed by atoms with Gasteiger partial charge >= 0.3 is 0 Å². The molecular formula is C19H8N6O5S2. The molecule has 2 aliphatic heterocycles. The van der Waals surface area contributed by atoms with Crippen LogP contribution < -0.4 is 25.1 Å². The second-order valence-corrected chi connectivity index (χ2v) is 8.65. The highest BCUT2D eigenvalue weighted by atomic mass is 32.2. The van der Waals surface area contributed by atoms with E-state index < -0.39 is 22.0 Å². The lowest BCUT2D eigenvalue weighted by Crippen LogP contribution is -2.27. The van der Waals surface area contributed by atoms with Crippen LogP contribution in [0.4, 0.5) is 17.1 Å². The first-order valence-electron chi connectivity index (χ1n) is 8.52. The molecule has 13 heteroatoms. The minimum Gasteiger partial charge on any atom is -0.504 e.